The van der Waals surface area contributed by atoms with Crippen molar-refractivity contribution in [2.75, 3.05) is 13.7 Å². The quantitative estimate of drug-likeness (QED) is 0.782. The maximum atomic E-state index is 9.74. The molecule has 108 valence electrons. The van der Waals surface area contributed by atoms with E-state index >= 15 is 0 Å². The summed E-state index contributed by atoms with van der Waals surface area (Å²) < 4.78 is 7.65. The number of hydrogen-bond acceptors (Lipinski definition) is 5. The predicted molar refractivity (Wildman–Crippen MR) is 78.8 cm³/mol. The van der Waals surface area contributed by atoms with E-state index < -0.39 is 0 Å². The summed E-state index contributed by atoms with van der Waals surface area (Å²) >= 11 is 3.31. The third-order valence-corrected chi connectivity index (χ3v) is 3.57. The molecule has 7 heteroatoms. The number of methoxy groups -OCH3 is 1. The number of aryl methyl sites for hydroxylation is 1. The number of phenolic OH excluding ortho intramolecular Hbond substituents is 1. The van der Waals surface area contributed by atoms with E-state index in [1.807, 2.05) is 23.7 Å². The van der Waals surface area contributed by atoms with Gasteiger partial charge in [0.1, 0.15) is 12.2 Å². The zero-order valence-corrected chi connectivity index (χ0v) is 13.0. The Morgan fingerprint density at radius 2 is 2.25 bits per heavy atom. The molecule has 2 N–H and O–H groups in total. The normalized spacial score (nSPS) is 10.8. The molecular weight excluding hydrogens is 324 g/mol. The molecule has 0 aliphatic heterocycles. The van der Waals surface area contributed by atoms with Crippen molar-refractivity contribution in [2.45, 2.75) is 13.0 Å². The van der Waals surface area contributed by atoms with Crippen molar-refractivity contribution in [3.05, 3.63) is 34.3 Å². The second-order valence-corrected chi connectivity index (χ2v) is 5.27. The molecule has 0 unspecified atom stereocenters. The molecule has 1 aromatic carbocycles. The van der Waals surface area contributed by atoms with Crippen molar-refractivity contribution in [1.82, 2.24) is 20.1 Å². The number of benzene rings is 1. The predicted octanol–water partition coefficient (Wildman–Crippen LogP) is 1.62. The van der Waals surface area contributed by atoms with Gasteiger partial charge < -0.3 is 19.7 Å². The number of halogens is 1. The minimum absolute atomic E-state index is 0.121. The van der Waals surface area contributed by atoms with Crippen LogP contribution in [-0.4, -0.2) is 33.5 Å². The van der Waals surface area contributed by atoms with E-state index in [-0.39, 0.29) is 5.75 Å². The van der Waals surface area contributed by atoms with Crippen LogP contribution >= 0.6 is 15.9 Å². The third-order valence-electron chi connectivity index (χ3n) is 2.97. The number of hydrogen-bond donors (Lipinski definition) is 2. The molecule has 0 saturated heterocycles. The Hall–Kier alpha value is -1.60. The number of ether oxygens (including phenoxy) is 1. The van der Waals surface area contributed by atoms with Gasteiger partial charge in [-0.3, -0.25) is 0 Å². The zero-order chi connectivity index (χ0) is 14.5. The molecule has 0 atom stereocenters. The summed E-state index contributed by atoms with van der Waals surface area (Å²) in [6, 6.07) is 3.68. The maximum Gasteiger partial charge on any atom is 0.172 e. The topological polar surface area (TPSA) is 72.2 Å². The fourth-order valence-electron chi connectivity index (χ4n) is 1.85. The lowest BCUT2D eigenvalue weighted by atomic mass is 10.2. The highest BCUT2D eigenvalue weighted by atomic mass is 79.9. The van der Waals surface area contributed by atoms with Crippen LogP contribution in [-0.2, 0) is 20.0 Å². The smallest absolute Gasteiger partial charge is 0.172 e. The lowest BCUT2D eigenvalue weighted by Gasteiger charge is -2.10. The number of phenols is 1. The molecule has 6 nitrogen and oxygen atoms in total. The Labute approximate surface area is 125 Å². The van der Waals surface area contributed by atoms with Gasteiger partial charge in [-0.1, -0.05) is 0 Å². The van der Waals surface area contributed by atoms with Gasteiger partial charge >= 0.3 is 0 Å². The summed E-state index contributed by atoms with van der Waals surface area (Å²) in [5.41, 5.74) is 1.03. The molecule has 2 rings (SSSR count). The van der Waals surface area contributed by atoms with Gasteiger partial charge in [0.2, 0.25) is 0 Å². The van der Waals surface area contributed by atoms with Crippen LogP contribution < -0.4 is 10.1 Å². The van der Waals surface area contributed by atoms with E-state index in [9.17, 15) is 5.11 Å². The van der Waals surface area contributed by atoms with Crippen LogP contribution in [0, 0.1) is 0 Å². The highest BCUT2D eigenvalue weighted by Crippen LogP contribution is 2.35. The largest absolute Gasteiger partial charge is 0.503 e. The lowest BCUT2D eigenvalue weighted by molar-refractivity contribution is 0.371. The molecule has 1 aromatic heterocycles. The van der Waals surface area contributed by atoms with Crippen LogP contribution in [0.5, 0.6) is 11.5 Å². The number of nitrogens with zero attached hydrogens (tertiary/aromatic N) is 3. The van der Waals surface area contributed by atoms with Crippen molar-refractivity contribution in [1.29, 1.82) is 0 Å². The molecule has 0 aliphatic rings. The standard InChI is InChI=1S/C13H17BrN4O2/c1-18-8-16-17-12(18)3-4-15-7-9-5-10(14)13(19)11(6-9)20-2/h5-6,8,15,19H,3-4,7H2,1-2H3. The van der Waals surface area contributed by atoms with E-state index in [0.29, 0.717) is 16.8 Å². The Morgan fingerprint density at radius 1 is 1.45 bits per heavy atom. The molecule has 1 heterocycles. The first-order chi connectivity index (χ1) is 9.61. The van der Waals surface area contributed by atoms with Crippen LogP contribution in [0.4, 0.5) is 0 Å². The van der Waals surface area contributed by atoms with Gasteiger partial charge in [0.15, 0.2) is 11.5 Å². The monoisotopic (exact) mass is 340 g/mol. The highest BCUT2D eigenvalue weighted by molar-refractivity contribution is 9.10. The first-order valence-electron chi connectivity index (χ1n) is 6.20. The molecule has 20 heavy (non-hydrogen) atoms. The minimum atomic E-state index is 0.121. The van der Waals surface area contributed by atoms with Crippen molar-refractivity contribution < 1.29 is 9.84 Å². The Morgan fingerprint density at radius 3 is 2.90 bits per heavy atom. The molecular formula is C13H17BrN4O2. The van der Waals surface area contributed by atoms with Crippen LogP contribution in [0.15, 0.2) is 22.9 Å². The van der Waals surface area contributed by atoms with E-state index in [1.54, 1.807) is 6.33 Å². The van der Waals surface area contributed by atoms with Gasteiger partial charge in [0, 0.05) is 26.6 Å². The lowest BCUT2D eigenvalue weighted by Crippen LogP contribution is -2.18. The molecule has 0 bridgehead atoms. The summed E-state index contributed by atoms with van der Waals surface area (Å²) in [7, 11) is 3.46. The minimum Gasteiger partial charge on any atom is -0.503 e. The fraction of sp³-hybridized carbons (Fsp3) is 0.385. The molecule has 0 spiro atoms. The second kappa shape index (κ2) is 6.71. The third kappa shape index (κ3) is 3.49. The highest BCUT2D eigenvalue weighted by Gasteiger charge is 2.08. The maximum absolute atomic E-state index is 9.74. The molecule has 0 saturated carbocycles. The Balaban J connectivity index is 1.88. The van der Waals surface area contributed by atoms with Crippen LogP contribution in [0.3, 0.4) is 0 Å². The second-order valence-electron chi connectivity index (χ2n) is 4.41. The van der Waals surface area contributed by atoms with Crippen molar-refractivity contribution in [2.24, 2.45) is 7.05 Å². The Bertz CT molecular complexity index is 586. The number of rotatable bonds is 6. The molecule has 2 aromatic rings. The van der Waals surface area contributed by atoms with Gasteiger partial charge in [-0.2, -0.15) is 0 Å². The molecule has 0 aliphatic carbocycles. The zero-order valence-electron chi connectivity index (χ0n) is 11.4. The molecule has 0 amide bonds. The summed E-state index contributed by atoms with van der Waals surface area (Å²) in [4.78, 5) is 0. The van der Waals surface area contributed by atoms with Crippen molar-refractivity contribution in [3.8, 4) is 11.5 Å². The number of aromatic hydroxyl groups is 1. The van der Waals surface area contributed by atoms with Crippen LogP contribution in [0.2, 0.25) is 0 Å². The van der Waals surface area contributed by atoms with Crippen molar-refractivity contribution >= 4 is 15.9 Å². The SMILES string of the molecule is COc1cc(CNCCc2nncn2C)cc(Br)c1O. The first kappa shape index (κ1) is 14.8. The van der Waals surface area contributed by atoms with E-state index in [0.717, 1.165) is 24.4 Å². The fourth-order valence-corrected chi connectivity index (χ4v) is 2.34. The van der Waals surface area contributed by atoms with Gasteiger partial charge in [0.05, 0.1) is 11.6 Å². The van der Waals surface area contributed by atoms with Gasteiger partial charge in [0.25, 0.3) is 0 Å². The summed E-state index contributed by atoms with van der Waals surface area (Å²) in [5.74, 6) is 1.53. The Kier molecular flexibility index (Phi) is 4.97. The average molecular weight is 341 g/mol. The van der Waals surface area contributed by atoms with Crippen LogP contribution in [0.25, 0.3) is 0 Å². The van der Waals surface area contributed by atoms with Gasteiger partial charge in [-0.05, 0) is 33.6 Å². The average Bonchev–Trinajstić information content (AvgIpc) is 2.84. The number of aromatic nitrogens is 3. The summed E-state index contributed by atoms with van der Waals surface area (Å²) in [5, 5.41) is 20.9. The number of nitrogens with one attached hydrogen (secondary N) is 1. The first-order valence-corrected chi connectivity index (χ1v) is 7.00. The van der Waals surface area contributed by atoms with Crippen LogP contribution in [0.1, 0.15) is 11.4 Å². The summed E-state index contributed by atoms with van der Waals surface area (Å²) in [6.07, 6.45) is 2.50. The summed E-state index contributed by atoms with van der Waals surface area (Å²) in [6.45, 7) is 1.49. The van der Waals surface area contributed by atoms with E-state index in [2.05, 4.69) is 31.4 Å². The molecule has 0 fully saturated rings. The van der Waals surface area contributed by atoms with Gasteiger partial charge in [-0.15, -0.1) is 10.2 Å². The van der Waals surface area contributed by atoms with Gasteiger partial charge in [-0.25, -0.2) is 0 Å². The van der Waals surface area contributed by atoms with E-state index in [1.165, 1.54) is 7.11 Å². The molecule has 0 radical (unpaired) electrons. The van der Waals surface area contributed by atoms with E-state index in [4.69, 9.17) is 4.74 Å². The van der Waals surface area contributed by atoms with Crippen molar-refractivity contribution in [3.63, 3.8) is 0 Å².